The van der Waals surface area contributed by atoms with E-state index in [2.05, 4.69) is 167 Å². The molecule has 1 heterocycles. The lowest BCUT2D eigenvalue weighted by atomic mass is 9.68. The fraction of sp³-hybridized carbons (Fsp3) is 0.0200. The summed E-state index contributed by atoms with van der Waals surface area (Å²) in [6.07, 6.45) is 0. The van der Waals surface area contributed by atoms with Crippen molar-refractivity contribution in [3.63, 3.8) is 0 Å². The Morgan fingerprint density at radius 2 is 1.00 bits per heavy atom. The van der Waals surface area contributed by atoms with Gasteiger partial charge in [0.1, 0.15) is 11.2 Å². The summed E-state index contributed by atoms with van der Waals surface area (Å²) >= 11 is 0. The van der Waals surface area contributed by atoms with Crippen molar-refractivity contribution >= 4 is 44.7 Å². The van der Waals surface area contributed by atoms with Gasteiger partial charge in [-0.15, -0.1) is 0 Å². The van der Waals surface area contributed by atoms with E-state index < -0.39 is 5.41 Å². The van der Waals surface area contributed by atoms with Crippen LogP contribution in [-0.2, 0) is 5.41 Å². The first-order valence-corrected chi connectivity index (χ1v) is 17.9. The van der Waals surface area contributed by atoms with Crippen LogP contribution in [0, 0.1) is 6.57 Å². The Morgan fingerprint density at radius 1 is 0.453 bits per heavy atom. The fourth-order valence-electron chi connectivity index (χ4n) is 8.56. The van der Waals surface area contributed by atoms with E-state index in [0.717, 1.165) is 44.5 Å². The van der Waals surface area contributed by atoms with Gasteiger partial charge < -0.3 is 9.32 Å². The predicted molar refractivity (Wildman–Crippen MR) is 217 cm³/mol. The summed E-state index contributed by atoms with van der Waals surface area (Å²) in [4.78, 5) is 6.22. The number of furan rings is 1. The molecule has 0 fully saturated rings. The Hall–Kier alpha value is -7.15. The summed E-state index contributed by atoms with van der Waals surface area (Å²) < 4.78 is 6.91. The van der Waals surface area contributed by atoms with Crippen molar-refractivity contribution in [3.05, 3.63) is 228 Å². The number of anilines is 3. The summed E-state index contributed by atoms with van der Waals surface area (Å²) in [6.45, 7) is 8.13. The average molecular weight is 677 g/mol. The number of rotatable bonds is 6. The minimum absolute atomic E-state index is 0.484. The second kappa shape index (κ2) is 12.3. The van der Waals surface area contributed by atoms with E-state index in [0.29, 0.717) is 11.3 Å². The highest BCUT2D eigenvalue weighted by Crippen LogP contribution is 2.56. The van der Waals surface area contributed by atoms with Crippen molar-refractivity contribution < 1.29 is 4.42 Å². The van der Waals surface area contributed by atoms with E-state index in [1.807, 2.05) is 36.4 Å². The van der Waals surface area contributed by atoms with E-state index in [4.69, 9.17) is 11.0 Å². The molecule has 248 valence electrons. The van der Waals surface area contributed by atoms with E-state index in [-0.39, 0.29) is 0 Å². The molecule has 0 unspecified atom stereocenters. The number of benzene rings is 8. The van der Waals surface area contributed by atoms with Crippen LogP contribution in [0.15, 0.2) is 199 Å². The Kier molecular flexibility index (Phi) is 7.09. The van der Waals surface area contributed by atoms with Crippen LogP contribution >= 0.6 is 0 Å². The van der Waals surface area contributed by atoms with Gasteiger partial charge in [0.15, 0.2) is 5.69 Å². The van der Waals surface area contributed by atoms with Gasteiger partial charge in [0, 0.05) is 27.7 Å². The van der Waals surface area contributed by atoms with Crippen LogP contribution in [0.3, 0.4) is 0 Å². The zero-order chi connectivity index (χ0) is 35.4. The number of para-hydroxylation sites is 2. The molecule has 0 saturated heterocycles. The molecule has 0 saturated carbocycles. The Bertz CT molecular complexity index is 2790. The maximum Gasteiger partial charge on any atom is 0.198 e. The highest BCUT2D eigenvalue weighted by molar-refractivity contribution is 6.18. The van der Waals surface area contributed by atoms with E-state index >= 15 is 0 Å². The van der Waals surface area contributed by atoms with Crippen molar-refractivity contribution in [1.82, 2.24) is 0 Å². The molecular formula is C50H32N2O. The van der Waals surface area contributed by atoms with E-state index in [1.165, 1.54) is 33.4 Å². The minimum Gasteiger partial charge on any atom is -0.455 e. The van der Waals surface area contributed by atoms with Crippen molar-refractivity contribution in [1.29, 1.82) is 0 Å². The predicted octanol–water partition coefficient (Wildman–Crippen LogP) is 13.6. The molecule has 9 aromatic rings. The topological polar surface area (TPSA) is 20.7 Å². The summed E-state index contributed by atoms with van der Waals surface area (Å²) in [6, 6.07) is 68.4. The minimum atomic E-state index is -0.484. The molecule has 0 spiro atoms. The van der Waals surface area contributed by atoms with Gasteiger partial charge in [0.05, 0.1) is 17.7 Å². The summed E-state index contributed by atoms with van der Waals surface area (Å²) in [5.41, 5.74) is 14.0. The summed E-state index contributed by atoms with van der Waals surface area (Å²) in [5, 5.41) is 1.76. The molecule has 0 N–H and O–H groups in total. The molecule has 0 bridgehead atoms. The molecule has 0 amide bonds. The molecule has 1 aromatic heterocycles. The fourth-order valence-corrected chi connectivity index (χ4v) is 8.56. The maximum absolute atomic E-state index is 8.13. The van der Waals surface area contributed by atoms with E-state index in [1.54, 1.807) is 0 Å². The second-order valence-electron chi connectivity index (χ2n) is 13.5. The van der Waals surface area contributed by atoms with Crippen molar-refractivity contribution in [2.75, 3.05) is 4.90 Å². The number of nitrogens with zero attached hydrogens (tertiary/aromatic N) is 2. The summed E-state index contributed by atoms with van der Waals surface area (Å²) in [7, 11) is 0. The smallest absolute Gasteiger partial charge is 0.198 e. The lowest BCUT2D eigenvalue weighted by Crippen LogP contribution is -2.28. The van der Waals surface area contributed by atoms with Gasteiger partial charge in [-0.05, 0) is 69.3 Å². The highest BCUT2D eigenvalue weighted by Gasteiger charge is 2.45. The summed E-state index contributed by atoms with van der Waals surface area (Å²) in [5.74, 6) is 0. The second-order valence-corrected chi connectivity index (χ2v) is 13.5. The lowest BCUT2D eigenvalue weighted by molar-refractivity contribution is 0.670. The van der Waals surface area contributed by atoms with Gasteiger partial charge in [-0.25, -0.2) is 4.85 Å². The zero-order valence-corrected chi connectivity index (χ0v) is 28.8. The van der Waals surface area contributed by atoms with Crippen LogP contribution < -0.4 is 4.90 Å². The first-order chi connectivity index (χ1) is 26.3. The van der Waals surface area contributed by atoms with Crippen molar-refractivity contribution in [2.24, 2.45) is 0 Å². The lowest BCUT2D eigenvalue weighted by Gasteiger charge is -2.34. The Morgan fingerprint density at radius 3 is 1.66 bits per heavy atom. The monoisotopic (exact) mass is 676 g/mol. The molecule has 53 heavy (non-hydrogen) atoms. The van der Waals surface area contributed by atoms with Gasteiger partial charge >= 0.3 is 0 Å². The number of hydrogen-bond acceptors (Lipinski definition) is 2. The molecule has 8 aromatic carbocycles. The first-order valence-electron chi connectivity index (χ1n) is 17.9. The van der Waals surface area contributed by atoms with Gasteiger partial charge in [0.2, 0.25) is 0 Å². The normalized spacial score (nSPS) is 12.7. The Balaban J connectivity index is 1.20. The molecule has 1 aliphatic rings. The van der Waals surface area contributed by atoms with Crippen LogP contribution in [0.1, 0.15) is 22.3 Å². The molecule has 0 radical (unpaired) electrons. The molecular weight excluding hydrogens is 645 g/mol. The van der Waals surface area contributed by atoms with Gasteiger partial charge in [-0.1, -0.05) is 164 Å². The third-order valence-electron chi connectivity index (χ3n) is 10.8. The third kappa shape index (κ3) is 4.60. The van der Waals surface area contributed by atoms with Crippen molar-refractivity contribution in [3.8, 4) is 22.3 Å². The zero-order valence-electron chi connectivity index (χ0n) is 28.8. The standard InChI is InChI=1S/C50H32N2O/c1-51-45-32-33-46(49-47(45)42-25-15-24-39(48(42)53-49)34-16-5-2-6-17-34)52(37-20-9-4-10-21-37)38-30-28-36(29-31-38)50(35-18-7-3-8-19-35)43-26-13-11-22-40(43)41-23-12-14-27-44(41)50/h2-33H. The maximum atomic E-state index is 8.13. The highest BCUT2D eigenvalue weighted by atomic mass is 16.3. The SMILES string of the molecule is [C-]#[N+]c1ccc(N(c2ccccc2)c2ccc(C3(c4ccccc4)c4ccccc4-c4ccccc43)cc2)c2oc3c(-c4ccccc4)cccc3c12. The molecule has 0 aliphatic heterocycles. The van der Waals surface area contributed by atoms with Gasteiger partial charge in [-0.3, -0.25) is 0 Å². The van der Waals surface area contributed by atoms with Crippen molar-refractivity contribution in [2.45, 2.75) is 5.41 Å². The molecule has 0 atom stereocenters. The molecule has 10 rings (SSSR count). The largest absolute Gasteiger partial charge is 0.455 e. The first kappa shape index (κ1) is 30.7. The molecule has 3 nitrogen and oxygen atoms in total. The quantitative estimate of drug-likeness (QED) is 0.163. The van der Waals surface area contributed by atoms with Gasteiger partial charge in [0.25, 0.3) is 0 Å². The van der Waals surface area contributed by atoms with Crippen LogP contribution in [-0.4, -0.2) is 0 Å². The van der Waals surface area contributed by atoms with Gasteiger partial charge in [-0.2, -0.15) is 0 Å². The van der Waals surface area contributed by atoms with Crippen LogP contribution in [0.4, 0.5) is 22.7 Å². The number of hydrogen-bond donors (Lipinski definition) is 0. The van der Waals surface area contributed by atoms with Crippen LogP contribution in [0.5, 0.6) is 0 Å². The number of fused-ring (bicyclic) bond motifs is 6. The molecule has 3 heteroatoms. The third-order valence-corrected chi connectivity index (χ3v) is 10.8. The van der Waals surface area contributed by atoms with Crippen LogP contribution in [0.2, 0.25) is 0 Å². The Labute approximate surface area is 308 Å². The molecule has 1 aliphatic carbocycles. The van der Waals surface area contributed by atoms with E-state index in [9.17, 15) is 0 Å². The average Bonchev–Trinajstić information content (AvgIpc) is 3.78. The van der Waals surface area contributed by atoms with Crippen LogP contribution in [0.25, 0.3) is 49.0 Å².